The van der Waals surface area contributed by atoms with Crippen LogP contribution in [0.5, 0.6) is 0 Å². The number of rotatable bonds is 1. The van der Waals surface area contributed by atoms with Crippen molar-refractivity contribution in [1.82, 2.24) is 0 Å². The van der Waals surface area contributed by atoms with Gasteiger partial charge in [0, 0.05) is 14.7 Å². The summed E-state index contributed by atoms with van der Waals surface area (Å²) in [5, 5.41) is 0. The minimum Gasteiger partial charge on any atom is -0.293 e. The van der Waals surface area contributed by atoms with Crippen molar-refractivity contribution < 1.29 is 9.59 Å². The van der Waals surface area contributed by atoms with Gasteiger partial charge in [-0.2, -0.15) is 0 Å². The van der Waals surface area contributed by atoms with E-state index in [0.29, 0.717) is 11.1 Å². The fourth-order valence-corrected chi connectivity index (χ4v) is 3.08. The fourth-order valence-electron chi connectivity index (χ4n) is 2.56. The molecule has 1 aliphatic rings. The molecule has 0 amide bonds. The van der Waals surface area contributed by atoms with Crippen LogP contribution in [0.15, 0.2) is 42.5 Å². The maximum absolute atomic E-state index is 12.4. The van der Waals surface area contributed by atoms with E-state index in [2.05, 4.69) is 22.6 Å². The van der Waals surface area contributed by atoms with E-state index >= 15 is 0 Å². The van der Waals surface area contributed by atoms with E-state index in [0.717, 1.165) is 14.7 Å². The quantitative estimate of drug-likeness (QED) is 0.572. The molecule has 0 saturated carbocycles. The maximum Gasteiger partial charge on any atom is 0.178 e. The Morgan fingerprint density at radius 3 is 2.05 bits per heavy atom. The van der Waals surface area contributed by atoms with Gasteiger partial charge in [-0.15, -0.1) is 0 Å². The molecule has 3 heteroatoms. The molecule has 2 nitrogen and oxygen atoms in total. The van der Waals surface area contributed by atoms with Gasteiger partial charge in [0.05, 0.1) is 0 Å². The van der Waals surface area contributed by atoms with Gasteiger partial charge in [0.25, 0.3) is 0 Å². The molecule has 0 aromatic heterocycles. The van der Waals surface area contributed by atoms with Crippen LogP contribution in [-0.2, 0) is 0 Å². The number of Topliss-reactive ketones (excluding diaryl/α,β-unsaturated/α-hetero) is 2. The van der Waals surface area contributed by atoms with Crippen LogP contribution >= 0.6 is 22.6 Å². The minimum absolute atomic E-state index is 0.0781. The predicted octanol–water partition coefficient (Wildman–Crippen LogP) is 3.76. The van der Waals surface area contributed by atoms with Gasteiger partial charge < -0.3 is 0 Å². The summed E-state index contributed by atoms with van der Waals surface area (Å²) in [5.74, 6) is -0.816. The molecule has 94 valence electrons. The third-order valence-corrected chi connectivity index (χ3v) is 4.77. The molecule has 2 aromatic carbocycles. The SMILES string of the molecule is Cc1c(I)cccc1C1C(=O)c2ccccc2C1=O. The first-order valence-corrected chi connectivity index (χ1v) is 7.11. The van der Waals surface area contributed by atoms with E-state index in [9.17, 15) is 9.59 Å². The number of halogens is 1. The molecule has 1 aliphatic carbocycles. The van der Waals surface area contributed by atoms with Gasteiger partial charge in [-0.05, 0) is 46.7 Å². The third-order valence-electron chi connectivity index (χ3n) is 3.60. The van der Waals surface area contributed by atoms with Crippen molar-refractivity contribution in [2.75, 3.05) is 0 Å². The van der Waals surface area contributed by atoms with Crippen molar-refractivity contribution in [3.63, 3.8) is 0 Å². The lowest BCUT2D eigenvalue weighted by atomic mass is 9.91. The fraction of sp³-hybridized carbons (Fsp3) is 0.125. The highest BCUT2D eigenvalue weighted by molar-refractivity contribution is 14.1. The number of carbonyl (C=O) groups is 2. The van der Waals surface area contributed by atoms with E-state index in [1.807, 2.05) is 25.1 Å². The van der Waals surface area contributed by atoms with Crippen LogP contribution < -0.4 is 0 Å². The first-order valence-electron chi connectivity index (χ1n) is 6.03. The average molecular weight is 362 g/mol. The molecule has 0 N–H and O–H groups in total. The van der Waals surface area contributed by atoms with E-state index in [1.165, 1.54) is 0 Å². The highest BCUT2D eigenvalue weighted by Gasteiger charge is 2.39. The second-order valence-electron chi connectivity index (χ2n) is 4.66. The monoisotopic (exact) mass is 362 g/mol. The predicted molar refractivity (Wildman–Crippen MR) is 81.7 cm³/mol. The van der Waals surface area contributed by atoms with Gasteiger partial charge in [-0.25, -0.2) is 0 Å². The molecule has 0 atom stereocenters. The van der Waals surface area contributed by atoms with Crippen LogP contribution in [0.3, 0.4) is 0 Å². The third kappa shape index (κ3) is 1.84. The van der Waals surface area contributed by atoms with Crippen LogP contribution in [0.25, 0.3) is 0 Å². The Hall–Kier alpha value is -1.49. The van der Waals surface area contributed by atoms with E-state index in [-0.39, 0.29) is 11.6 Å². The van der Waals surface area contributed by atoms with Gasteiger partial charge in [-0.1, -0.05) is 36.4 Å². The summed E-state index contributed by atoms with van der Waals surface area (Å²) in [6.07, 6.45) is 0. The average Bonchev–Trinajstić information content (AvgIpc) is 2.67. The lowest BCUT2D eigenvalue weighted by Gasteiger charge is -2.12. The Morgan fingerprint density at radius 1 is 0.895 bits per heavy atom. The normalized spacial score (nSPS) is 14.8. The zero-order valence-electron chi connectivity index (χ0n) is 10.3. The van der Waals surface area contributed by atoms with Crippen molar-refractivity contribution in [1.29, 1.82) is 0 Å². The number of hydrogen-bond acceptors (Lipinski definition) is 2. The Bertz CT molecular complexity index is 669. The first kappa shape index (κ1) is 12.5. The topological polar surface area (TPSA) is 34.1 Å². The first-order chi connectivity index (χ1) is 9.11. The second kappa shape index (κ2) is 4.56. The van der Waals surface area contributed by atoms with Gasteiger partial charge in [0.2, 0.25) is 0 Å². The standard InChI is InChI=1S/C16H11IO2/c1-9-10(7-4-8-13(9)17)14-15(18)11-5-2-3-6-12(11)16(14)19/h2-8,14H,1H3. The zero-order valence-corrected chi connectivity index (χ0v) is 12.5. The number of benzene rings is 2. The number of fused-ring (bicyclic) bond motifs is 1. The molecular formula is C16H11IO2. The molecule has 0 saturated heterocycles. The maximum atomic E-state index is 12.4. The highest BCUT2D eigenvalue weighted by atomic mass is 127. The molecule has 0 spiro atoms. The van der Waals surface area contributed by atoms with Gasteiger partial charge in [0.1, 0.15) is 5.92 Å². The number of ketones is 2. The lowest BCUT2D eigenvalue weighted by Crippen LogP contribution is -2.14. The smallest absolute Gasteiger partial charge is 0.178 e. The van der Waals surface area contributed by atoms with Crippen molar-refractivity contribution in [3.8, 4) is 0 Å². The van der Waals surface area contributed by atoms with E-state index in [4.69, 9.17) is 0 Å². The summed E-state index contributed by atoms with van der Waals surface area (Å²) in [5.41, 5.74) is 2.95. The molecule has 0 fully saturated rings. The Balaban J connectivity index is 2.17. The second-order valence-corrected chi connectivity index (χ2v) is 5.82. The van der Waals surface area contributed by atoms with Gasteiger partial charge >= 0.3 is 0 Å². The van der Waals surface area contributed by atoms with Gasteiger partial charge in [-0.3, -0.25) is 9.59 Å². The summed E-state index contributed by atoms with van der Waals surface area (Å²) in [6, 6.07) is 12.8. The van der Waals surface area contributed by atoms with Crippen molar-refractivity contribution in [2.24, 2.45) is 0 Å². The Labute approximate surface area is 125 Å². The van der Waals surface area contributed by atoms with Crippen molar-refractivity contribution in [3.05, 3.63) is 68.3 Å². The molecule has 0 radical (unpaired) electrons. The van der Waals surface area contributed by atoms with Crippen LogP contribution in [0.2, 0.25) is 0 Å². The highest BCUT2D eigenvalue weighted by Crippen LogP contribution is 2.36. The molecule has 3 rings (SSSR count). The summed E-state index contributed by atoms with van der Waals surface area (Å²) in [7, 11) is 0. The number of hydrogen-bond donors (Lipinski definition) is 0. The molecule has 0 heterocycles. The van der Waals surface area contributed by atoms with Crippen LogP contribution in [0.4, 0.5) is 0 Å². The largest absolute Gasteiger partial charge is 0.293 e. The molecule has 0 aliphatic heterocycles. The van der Waals surface area contributed by atoms with Crippen LogP contribution in [-0.4, -0.2) is 11.6 Å². The number of carbonyl (C=O) groups excluding carboxylic acids is 2. The van der Waals surface area contributed by atoms with Crippen LogP contribution in [0, 0.1) is 10.5 Å². The molecule has 19 heavy (non-hydrogen) atoms. The van der Waals surface area contributed by atoms with Gasteiger partial charge in [0.15, 0.2) is 11.6 Å². The summed E-state index contributed by atoms with van der Waals surface area (Å²) < 4.78 is 1.08. The Kier molecular flexibility index (Phi) is 3.01. The zero-order chi connectivity index (χ0) is 13.6. The molecule has 0 unspecified atom stereocenters. The van der Waals surface area contributed by atoms with Crippen molar-refractivity contribution in [2.45, 2.75) is 12.8 Å². The minimum atomic E-state index is -0.660. The summed E-state index contributed by atoms with van der Waals surface area (Å²) >= 11 is 2.23. The lowest BCUT2D eigenvalue weighted by molar-refractivity contribution is 0.0889. The molecular weight excluding hydrogens is 351 g/mol. The van der Waals surface area contributed by atoms with E-state index in [1.54, 1.807) is 24.3 Å². The van der Waals surface area contributed by atoms with E-state index < -0.39 is 5.92 Å². The molecule has 2 aromatic rings. The Morgan fingerprint density at radius 2 is 1.47 bits per heavy atom. The summed E-state index contributed by atoms with van der Waals surface area (Å²) in [6.45, 7) is 1.96. The van der Waals surface area contributed by atoms with Crippen molar-refractivity contribution >= 4 is 34.2 Å². The summed E-state index contributed by atoms with van der Waals surface area (Å²) in [4.78, 5) is 24.9. The molecule has 0 bridgehead atoms. The van der Waals surface area contributed by atoms with Crippen LogP contribution in [0.1, 0.15) is 37.8 Å².